The van der Waals surface area contributed by atoms with Crippen molar-refractivity contribution in [3.05, 3.63) is 58.9 Å². The molecule has 0 saturated carbocycles. The minimum absolute atomic E-state index is 0.0497. The first-order valence-corrected chi connectivity index (χ1v) is 8.69. The third-order valence-electron chi connectivity index (χ3n) is 4.38. The molecule has 0 atom stereocenters. The van der Waals surface area contributed by atoms with Crippen LogP contribution in [0.5, 0.6) is 0 Å². The van der Waals surface area contributed by atoms with Gasteiger partial charge in [0, 0.05) is 38.7 Å². The third-order valence-corrected chi connectivity index (χ3v) is 4.69. The van der Waals surface area contributed by atoms with Gasteiger partial charge in [-0.25, -0.2) is 4.39 Å². The van der Waals surface area contributed by atoms with E-state index in [-0.39, 0.29) is 11.8 Å². The van der Waals surface area contributed by atoms with Crippen LogP contribution in [-0.4, -0.2) is 42.9 Å². The first-order valence-electron chi connectivity index (χ1n) is 8.31. The number of benzene rings is 2. The van der Waals surface area contributed by atoms with Crippen molar-refractivity contribution in [3.8, 4) is 0 Å². The number of hydrogen-bond acceptors (Lipinski definition) is 3. The Bertz CT molecular complexity index is 818. The largest absolute Gasteiger partial charge is 0.365 e. The number of carbonyl (C=O) groups is 2. The van der Waals surface area contributed by atoms with Crippen molar-refractivity contribution in [2.75, 3.05) is 36.4 Å². The number of piperazine rings is 1. The van der Waals surface area contributed by atoms with Crippen molar-refractivity contribution in [3.63, 3.8) is 0 Å². The average molecular weight is 376 g/mol. The minimum atomic E-state index is -0.395. The van der Waals surface area contributed by atoms with Crippen molar-refractivity contribution in [1.82, 2.24) is 4.90 Å². The molecule has 0 spiro atoms. The molecule has 1 N–H and O–H groups in total. The Hall–Kier alpha value is -2.60. The van der Waals surface area contributed by atoms with E-state index in [0.29, 0.717) is 42.5 Å². The summed E-state index contributed by atoms with van der Waals surface area (Å²) < 4.78 is 13.0. The number of carbonyl (C=O) groups excluding carboxylic acids is 2. The molecule has 1 saturated heterocycles. The van der Waals surface area contributed by atoms with E-state index in [9.17, 15) is 14.0 Å². The smallest absolute Gasteiger partial charge is 0.255 e. The van der Waals surface area contributed by atoms with Gasteiger partial charge in [0.2, 0.25) is 5.91 Å². The lowest BCUT2D eigenvalue weighted by Crippen LogP contribution is -2.48. The van der Waals surface area contributed by atoms with Crippen LogP contribution in [0.25, 0.3) is 0 Å². The van der Waals surface area contributed by atoms with Crippen LogP contribution in [0.3, 0.4) is 0 Å². The van der Waals surface area contributed by atoms with Gasteiger partial charge < -0.3 is 15.1 Å². The Balaban J connectivity index is 1.80. The Morgan fingerprint density at radius 3 is 2.31 bits per heavy atom. The zero-order valence-electron chi connectivity index (χ0n) is 14.3. The summed E-state index contributed by atoms with van der Waals surface area (Å²) in [5, 5.41) is 3.38. The Morgan fingerprint density at radius 2 is 1.69 bits per heavy atom. The van der Waals surface area contributed by atoms with Crippen LogP contribution < -0.4 is 10.2 Å². The molecule has 136 valence electrons. The van der Waals surface area contributed by atoms with E-state index in [1.54, 1.807) is 30.0 Å². The van der Waals surface area contributed by atoms with Gasteiger partial charge in [0.1, 0.15) is 5.82 Å². The van der Waals surface area contributed by atoms with Crippen LogP contribution in [0, 0.1) is 5.82 Å². The molecule has 1 aliphatic heterocycles. The van der Waals surface area contributed by atoms with Gasteiger partial charge in [-0.15, -0.1) is 0 Å². The van der Waals surface area contributed by atoms with Crippen LogP contribution >= 0.6 is 11.6 Å². The summed E-state index contributed by atoms with van der Waals surface area (Å²) in [7, 11) is 0. The number of hydrogen-bond donors (Lipinski definition) is 1. The van der Waals surface area contributed by atoms with Gasteiger partial charge in [-0.05, 0) is 36.4 Å². The lowest BCUT2D eigenvalue weighted by molar-refractivity contribution is -0.129. The Labute approximate surface area is 156 Å². The lowest BCUT2D eigenvalue weighted by Gasteiger charge is -2.37. The number of para-hydroxylation sites is 1. The van der Waals surface area contributed by atoms with Crippen LogP contribution in [0.2, 0.25) is 5.02 Å². The second kappa shape index (κ2) is 7.74. The highest BCUT2D eigenvalue weighted by molar-refractivity contribution is 6.34. The van der Waals surface area contributed by atoms with E-state index in [4.69, 9.17) is 11.6 Å². The van der Waals surface area contributed by atoms with Crippen molar-refractivity contribution < 1.29 is 14.0 Å². The van der Waals surface area contributed by atoms with E-state index >= 15 is 0 Å². The highest BCUT2D eigenvalue weighted by Gasteiger charge is 2.23. The summed E-state index contributed by atoms with van der Waals surface area (Å²) in [6.07, 6.45) is 0. The summed E-state index contributed by atoms with van der Waals surface area (Å²) in [4.78, 5) is 27.8. The zero-order chi connectivity index (χ0) is 18.7. The molecule has 0 aromatic heterocycles. The first kappa shape index (κ1) is 18.2. The van der Waals surface area contributed by atoms with Gasteiger partial charge >= 0.3 is 0 Å². The quantitative estimate of drug-likeness (QED) is 0.894. The average Bonchev–Trinajstić information content (AvgIpc) is 2.62. The molecule has 5 nitrogen and oxygen atoms in total. The van der Waals surface area contributed by atoms with Gasteiger partial charge in [0.25, 0.3) is 5.91 Å². The van der Waals surface area contributed by atoms with Crippen LogP contribution in [-0.2, 0) is 4.79 Å². The normalized spacial score (nSPS) is 14.3. The lowest BCUT2D eigenvalue weighted by atomic mass is 10.1. The molecule has 0 unspecified atom stereocenters. The number of anilines is 2. The van der Waals surface area contributed by atoms with Gasteiger partial charge in [-0.1, -0.05) is 17.7 Å². The van der Waals surface area contributed by atoms with E-state index in [1.807, 2.05) is 0 Å². The highest BCUT2D eigenvalue weighted by atomic mass is 35.5. The maximum atomic E-state index is 13.0. The van der Waals surface area contributed by atoms with Gasteiger partial charge in [0.15, 0.2) is 0 Å². The molecule has 1 heterocycles. The summed E-state index contributed by atoms with van der Waals surface area (Å²) >= 11 is 6.39. The van der Waals surface area contributed by atoms with Crippen LogP contribution in [0.15, 0.2) is 42.5 Å². The van der Waals surface area contributed by atoms with Gasteiger partial charge in [-0.3, -0.25) is 9.59 Å². The first-order chi connectivity index (χ1) is 12.5. The molecule has 2 amide bonds. The van der Waals surface area contributed by atoms with Crippen LogP contribution in [0.4, 0.5) is 15.8 Å². The van der Waals surface area contributed by atoms with E-state index in [2.05, 4.69) is 10.2 Å². The fraction of sp³-hybridized carbons (Fsp3) is 0.263. The molecule has 1 aliphatic rings. The maximum Gasteiger partial charge on any atom is 0.255 e. The molecule has 3 rings (SSSR count). The van der Waals surface area contributed by atoms with E-state index < -0.39 is 5.82 Å². The summed E-state index contributed by atoms with van der Waals surface area (Å²) in [5.41, 5.74) is 1.68. The van der Waals surface area contributed by atoms with Crippen molar-refractivity contribution in [2.24, 2.45) is 0 Å². The molecular formula is C19H19ClFN3O2. The molecule has 2 aromatic carbocycles. The molecule has 2 aromatic rings. The summed E-state index contributed by atoms with van der Waals surface area (Å²) in [5.74, 6) is -0.683. The van der Waals surface area contributed by atoms with Crippen molar-refractivity contribution >= 4 is 34.8 Å². The Morgan fingerprint density at radius 1 is 1.04 bits per heavy atom. The summed E-state index contributed by atoms with van der Waals surface area (Å²) in [6.45, 7) is 4.02. The SMILES string of the molecule is CC(=O)N1CCN(c2c(Cl)cccc2NC(=O)c2ccc(F)cc2)CC1. The van der Waals surface area contributed by atoms with Crippen molar-refractivity contribution in [2.45, 2.75) is 6.92 Å². The number of nitrogens with one attached hydrogen (secondary N) is 1. The van der Waals surface area contributed by atoms with Crippen molar-refractivity contribution in [1.29, 1.82) is 0 Å². The van der Waals surface area contributed by atoms with Gasteiger partial charge in [0.05, 0.1) is 16.4 Å². The zero-order valence-corrected chi connectivity index (χ0v) is 15.1. The number of amides is 2. The second-order valence-electron chi connectivity index (χ2n) is 6.09. The molecule has 0 radical (unpaired) electrons. The van der Waals surface area contributed by atoms with E-state index in [1.165, 1.54) is 24.3 Å². The molecule has 0 aliphatic carbocycles. The van der Waals surface area contributed by atoms with Gasteiger partial charge in [-0.2, -0.15) is 0 Å². The highest BCUT2D eigenvalue weighted by Crippen LogP contribution is 2.34. The maximum absolute atomic E-state index is 13.0. The molecule has 7 heteroatoms. The minimum Gasteiger partial charge on any atom is -0.365 e. The predicted octanol–water partition coefficient (Wildman–Crippen LogP) is 3.40. The third kappa shape index (κ3) is 3.96. The number of rotatable bonds is 3. The number of halogens is 2. The molecule has 26 heavy (non-hydrogen) atoms. The Kier molecular flexibility index (Phi) is 5.42. The van der Waals surface area contributed by atoms with E-state index in [0.717, 1.165) is 5.69 Å². The second-order valence-corrected chi connectivity index (χ2v) is 6.50. The molecule has 0 bridgehead atoms. The fourth-order valence-corrected chi connectivity index (χ4v) is 3.27. The molecule has 1 fully saturated rings. The topological polar surface area (TPSA) is 52.7 Å². The predicted molar refractivity (Wildman–Crippen MR) is 100 cm³/mol. The molecular weight excluding hydrogens is 357 g/mol. The fourth-order valence-electron chi connectivity index (χ4n) is 2.98. The standard InChI is InChI=1S/C19H19ClFN3O2/c1-13(25)23-9-11-24(12-10-23)18-16(20)3-2-4-17(18)22-19(26)14-5-7-15(21)8-6-14/h2-8H,9-12H2,1H3,(H,22,26). The van der Waals surface area contributed by atoms with Crippen LogP contribution in [0.1, 0.15) is 17.3 Å². The monoisotopic (exact) mass is 375 g/mol. The number of nitrogens with zero attached hydrogens (tertiary/aromatic N) is 2. The summed E-state index contributed by atoms with van der Waals surface area (Å²) in [6, 6.07) is 10.7.